The van der Waals surface area contributed by atoms with E-state index in [4.69, 9.17) is 17.3 Å². The van der Waals surface area contributed by atoms with Gasteiger partial charge in [0.15, 0.2) is 0 Å². The van der Waals surface area contributed by atoms with Crippen LogP contribution in [0, 0.1) is 0 Å². The number of H-pyrrole nitrogens is 1. The van der Waals surface area contributed by atoms with E-state index in [2.05, 4.69) is 9.97 Å². The minimum atomic E-state index is -0.966. The summed E-state index contributed by atoms with van der Waals surface area (Å²) in [5.74, 6) is -0.966. The Balaban J connectivity index is 2.04. The number of aryl methyl sites for hydroxylation is 1. The van der Waals surface area contributed by atoms with Gasteiger partial charge in [-0.05, 0) is 55.6 Å². The number of carbonyl (C=O) groups is 1. The van der Waals surface area contributed by atoms with Gasteiger partial charge in [-0.15, -0.1) is 0 Å². The zero-order valence-electron chi connectivity index (χ0n) is 15.2. The smallest absolute Gasteiger partial charge is 0.336 e. The first-order valence-corrected chi connectivity index (χ1v) is 9.60. The van der Waals surface area contributed by atoms with Crippen LogP contribution in [0.1, 0.15) is 28.8 Å². The van der Waals surface area contributed by atoms with Crippen LogP contribution in [0.3, 0.4) is 0 Å². The maximum atomic E-state index is 11.9. The van der Waals surface area contributed by atoms with Crippen LogP contribution in [-0.2, 0) is 6.42 Å². The van der Waals surface area contributed by atoms with E-state index in [0.29, 0.717) is 28.9 Å². The number of pyridine rings is 1. The molecule has 0 aliphatic heterocycles. The van der Waals surface area contributed by atoms with E-state index in [1.807, 2.05) is 30.3 Å². The fourth-order valence-electron chi connectivity index (χ4n) is 3.76. The molecule has 142 valence electrons. The maximum absolute atomic E-state index is 11.9. The fourth-order valence-corrected chi connectivity index (χ4v) is 3.97. The van der Waals surface area contributed by atoms with Crippen molar-refractivity contribution in [2.75, 3.05) is 6.54 Å². The van der Waals surface area contributed by atoms with Crippen molar-refractivity contribution in [1.29, 1.82) is 0 Å². The van der Waals surface area contributed by atoms with E-state index >= 15 is 0 Å². The lowest BCUT2D eigenvalue weighted by Gasteiger charge is -2.09. The highest BCUT2D eigenvalue weighted by Gasteiger charge is 2.21. The Kier molecular flexibility index (Phi) is 5.03. The molecule has 4 aromatic rings. The second-order valence-electron chi connectivity index (χ2n) is 6.75. The van der Waals surface area contributed by atoms with Crippen molar-refractivity contribution < 1.29 is 9.90 Å². The molecule has 0 fully saturated rings. The number of halogens is 1. The van der Waals surface area contributed by atoms with Gasteiger partial charge in [-0.1, -0.05) is 29.8 Å². The number of rotatable bonds is 6. The molecule has 0 saturated heterocycles. The molecule has 2 aromatic carbocycles. The van der Waals surface area contributed by atoms with Crippen LogP contribution in [0.2, 0.25) is 5.02 Å². The van der Waals surface area contributed by atoms with E-state index in [9.17, 15) is 9.90 Å². The van der Waals surface area contributed by atoms with Crippen molar-refractivity contribution in [1.82, 2.24) is 9.97 Å². The molecule has 0 radical (unpaired) electrons. The molecule has 0 saturated carbocycles. The first kappa shape index (κ1) is 18.5. The molecule has 2 aromatic heterocycles. The van der Waals surface area contributed by atoms with Gasteiger partial charge in [0, 0.05) is 22.5 Å². The van der Waals surface area contributed by atoms with Gasteiger partial charge in [-0.2, -0.15) is 0 Å². The molecule has 0 unspecified atom stereocenters. The van der Waals surface area contributed by atoms with Crippen molar-refractivity contribution in [3.8, 4) is 11.3 Å². The Morgan fingerprint density at radius 3 is 2.79 bits per heavy atom. The average molecular weight is 394 g/mol. The van der Waals surface area contributed by atoms with Gasteiger partial charge >= 0.3 is 5.97 Å². The van der Waals surface area contributed by atoms with Crippen molar-refractivity contribution in [2.45, 2.75) is 19.3 Å². The Morgan fingerprint density at radius 1 is 1.14 bits per heavy atom. The number of aromatic nitrogens is 2. The number of unbranched alkanes of at least 4 members (excludes halogenated alkanes) is 1. The molecular weight excluding hydrogens is 374 g/mol. The van der Waals surface area contributed by atoms with Crippen LogP contribution < -0.4 is 5.73 Å². The first-order valence-electron chi connectivity index (χ1n) is 9.22. The Morgan fingerprint density at radius 2 is 2.00 bits per heavy atom. The number of nitrogens with one attached hydrogen (secondary N) is 1. The van der Waals surface area contributed by atoms with Crippen molar-refractivity contribution in [2.24, 2.45) is 5.73 Å². The number of aromatic amines is 1. The van der Waals surface area contributed by atoms with Crippen LogP contribution in [0.5, 0.6) is 0 Å². The number of carboxylic acid groups (broad SMARTS) is 1. The second kappa shape index (κ2) is 7.62. The number of nitrogens with zero attached hydrogens (tertiary/aromatic N) is 1. The highest BCUT2D eigenvalue weighted by Crippen LogP contribution is 2.39. The Hall–Kier alpha value is -2.89. The van der Waals surface area contributed by atoms with E-state index in [-0.39, 0.29) is 5.56 Å². The summed E-state index contributed by atoms with van der Waals surface area (Å²) in [5.41, 5.74) is 10.3. The van der Waals surface area contributed by atoms with Crippen LogP contribution in [-0.4, -0.2) is 27.6 Å². The topological polar surface area (TPSA) is 92.0 Å². The van der Waals surface area contributed by atoms with Gasteiger partial charge in [0.2, 0.25) is 0 Å². The summed E-state index contributed by atoms with van der Waals surface area (Å²) in [6.45, 7) is 0.600. The van der Waals surface area contributed by atoms with E-state index in [1.54, 1.807) is 18.3 Å². The van der Waals surface area contributed by atoms with E-state index in [0.717, 1.165) is 40.6 Å². The van der Waals surface area contributed by atoms with E-state index < -0.39 is 5.97 Å². The highest BCUT2D eigenvalue weighted by atomic mass is 35.5. The number of carboxylic acids is 1. The lowest BCUT2D eigenvalue weighted by molar-refractivity contribution is 0.0699. The standard InChI is InChI=1S/C22H20ClN3O2/c23-17-10-9-16(22(27)28)19-15(5-1-2-11-24)20(26-21(17)19)14-6-3-8-18-13(14)7-4-12-25-18/h3-4,6-10,12,26H,1-2,5,11,24H2,(H,27,28). The summed E-state index contributed by atoms with van der Waals surface area (Å²) >= 11 is 6.43. The monoisotopic (exact) mass is 393 g/mol. The predicted molar refractivity (Wildman–Crippen MR) is 113 cm³/mol. The molecule has 0 aliphatic rings. The zero-order valence-corrected chi connectivity index (χ0v) is 16.0. The first-order chi connectivity index (χ1) is 13.6. The molecule has 4 rings (SSSR count). The largest absolute Gasteiger partial charge is 0.478 e. The summed E-state index contributed by atoms with van der Waals surface area (Å²) in [6, 6.07) is 13.1. The molecule has 0 amide bonds. The average Bonchev–Trinajstić information content (AvgIpc) is 3.08. The molecule has 0 aliphatic carbocycles. The van der Waals surface area contributed by atoms with Crippen LogP contribution in [0.25, 0.3) is 33.1 Å². The van der Waals surface area contributed by atoms with Crippen LogP contribution in [0.4, 0.5) is 0 Å². The summed E-state index contributed by atoms with van der Waals surface area (Å²) < 4.78 is 0. The van der Waals surface area contributed by atoms with Gasteiger partial charge in [-0.3, -0.25) is 4.98 Å². The molecule has 5 nitrogen and oxygen atoms in total. The third kappa shape index (κ3) is 3.13. The number of fused-ring (bicyclic) bond motifs is 2. The normalized spacial score (nSPS) is 11.4. The predicted octanol–water partition coefficient (Wildman–Crippen LogP) is 5.02. The molecule has 0 atom stereocenters. The third-order valence-corrected chi connectivity index (χ3v) is 5.35. The van der Waals surface area contributed by atoms with Gasteiger partial charge in [0.1, 0.15) is 0 Å². The fraction of sp³-hybridized carbons (Fsp3) is 0.182. The van der Waals surface area contributed by atoms with Crippen LogP contribution >= 0.6 is 11.6 Å². The number of nitrogens with two attached hydrogens (primary N) is 1. The second-order valence-corrected chi connectivity index (χ2v) is 7.16. The summed E-state index contributed by atoms with van der Waals surface area (Å²) in [6.07, 6.45) is 4.21. The number of aromatic carboxylic acids is 1. The minimum Gasteiger partial charge on any atom is -0.478 e. The Labute approximate surface area is 167 Å². The van der Waals surface area contributed by atoms with Gasteiger partial charge in [0.05, 0.1) is 27.3 Å². The molecular formula is C22H20ClN3O2. The van der Waals surface area contributed by atoms with Gasteiger partial charge < -0.3 is 15.8 Å². The van der Waals surface area contributed by atoms with Gasteiger partial charge in [-0.25, -0.2) is 4.79 Å². The van der Waals surface area contributed by atoms with Gasteiger partial charge in [0.25, 0.3) is 0 Å². The number of hydrogen-bond donors (Lipinski definition) is 3. The summed E-state index contributed by atoms with van der Waals surface area (Å²) in [5, 5.41) is 11.9. The molecule has 0 spiro atoms. The lowest BCUT2D eigenvalue weighted by atomic mass is 9.96. The van der Waals surface area contributed by atoms with Crippen molar-refractivity contribution in [3.63, 3.8) is 0 Å². The van der Waals surface area contributed by atoms with Crippen molar-refractivity contribution in [3.05, 3.63) is 64.8 Å². The zero-order chi connectivity index (χ0) is 19.7. The molecule has 28 heavy (non-hydrogen) atoms. The molecule has 2 heterocycles. The summed E-state index contributed by atoms with van der Waals surface area (Å²) in [7, 11) is 0. The third-order valence-electron chi connectivity index (χ3n) is 5.03. The molecule has 4 N–H and O–H groups in total. The van der Waals surface area contributed by atoms with Crippen molar-refractivity contribution >= 4 is 39.4 Å². The quantitative estimate of drug-likeness (QED) is 0.401. The van der Waals surface area contributed by atoms with Crippen LogP contribution in [0.15, 0.2) is 48.7 Å². The van der Waals surface area contributed by atoms with E-state index in [1.165, 1.54) is 0 Å². The highest BCUT2D eigenvalue weighted by molar-refractivity contribution is 6.36. The molecule has 6 heteroatoms. The minimum absolute atomic E-state index is 0.253. The number of benzene rings is 2. The SMILES string of the molecule is NCCCCc1c(-c2cccc3ncccc23)[nH]c2c(Cl)ccc(C(=O)O)c12. The lowest BCUT2D eigenvalue weighted by Crippen LogP contribution is -2.01. The number of hydrogen-bond acceptors (Lipinski definition) is 3. The summed E-state index contributed by atoms with van der Waals surface area (Å²) in [4.78, 5) is 19.7. The maximum Gasteiger partial charge on any atom is 0.336 e. The molecule has 0 bridgehead atoms. The Bertz CT molecular complexity index is 1180.